The van der Waals surface area contributed by atoms with Gasteiger partial charge in [-0.3, -0.25) is 4.68 Å². The molecule has 3 rings (SSSR count). The average Bonchev–Trinajstić information content (AvgIpc) is 3.10. The van der Waals surface area contributed by atoms with Crippen LogP contribution in [-0.4, -0.2) is 15.8 Å². The predicted molar refractivity (Wildman–Crippen MR) is 73.5 cm³/mol. The number of hydrogen-bond donors (Lipinski definition) is 1. The number of nitrogens with one attached hydrogen (secondary N) is 1. The monoisotopic (exact) mass is 261 g/mol. The Morgan fingerprint density at radius 1 is 1.39 bits per heavy atom. The van der Waals surface area contributed by atoms with Gasteiger partial charge >= 0.3 is 0 Å². The van der Waals surface area contributed by atoms with Gasteiger partial charge in [0.2, 0.25) is 0 Å². The summed E-state index contributed by atoms with van der Waals surface area (Å²) in [6, 6.07) is 8.87. The topological polar surface area (TPSA) is 29.9 Å². The van der Waals surface area contributed by atoms with Gasteiger partial charge in [0, 0.05) is 36.4 Å². The van der Waals surface area contributed by atoms with Gasteiger partial charge in [0.15, 0.2) is 0 Å². The molecule has 1 aliphatic carbocycles. The number of benzene rings is 1. The van der Waals surface area contributed by atoms with E-state index in [9.17, 15) is 0 Å². The number of aromatic nitrogens is 2. The molecule has 94 valence electrons. The van der Waals surface area contributed by atoms with Crippen molar-refractivity contribution in [2.75, 3.05) is 0 Å². The Bertz CT molecular complexity index is 558. The molecule has 4 heteroatoms. The summed E-state index contributed by atoms with van der Waals surface area (Å²) in [6.45, 7) is 0.842. The lowest BCUT2D eigenvalue weighted by Crippen LogP contribution is -2.15. The molecule has 2 aromatic rings. The summed E-state index contributed by atoms with van der Waals surface area (Å²) in [5.74, 6) is 0. The maximum atomic E-state index is 6.24. The smallest absolute Gasteiger partial charge is 0.0679 e. The third-order valence-corrected chi connectivity index (χ3v) is 3.69. The molecule has 1 N–H and O–H groups in total. The fourth-order valence-electron chi connectivity index (χ4n) is 2.07. The van der Waals surface area contributed by atoms with Crippen molar-refractivity contribution >= 4 is 11.6 Å². The number of halogens is 1. The van der Waals surface area contributed by atoms with Crippen molar-refractivity contribution in [3.63, 3.8) is 0 Å². The number of aryl methyl sites for hydroxylation is 1. The molecule has 1 heterocycles. The molecular weight excluding hydrogens is 246 g/mol. The fraction of sp³-hybridized carbons (Fsp3) is 0.357. The molecule has 0 atom stereocenters. The highest BCUT2D eigenvalue weighted by atomic mass is 35.5. The quantitative estimate of drug-likeness (QED) is 0.917. The van der Waals surface area contributed by atoms with Crippen LogP contribution in [0.5, 0.6) is 0 Å². The highest BCUT2D eigenvalue weighted by molar-refractivity contribution is 6.31. The zero-order valence-electron chi connectivity index (χ0n) is 10.4. The highest BCUT2D eigenvalue weighted by Crippen LogP contribution is 2.26. The fourth-order valence-corrected chi connectivity index (χ4v) is 2.25. The van der Waals surface area contributed by atoms with Gasteiger partial charge in [-0.05, 0) is 36.6 Å². The minimum Gasteiger partial charge on any atom is -0.310 e. The van der Waals surface area contributed by atoms with Crippen LogP contribution in [0.2, 0.25) is 5.02 Å². The van der Waals surface area contributed by atoms with Gasteiger partial charge in [0.1, 0.15) is 0 Å². The van der Waals surface area contributed by atoms with Gasteiger partial charge in [-0.1, -0.05) is 17.7 Å². The van der Waals surface area contributed by atoms with Gasteiger partial charge in [-0.15, -0.1) is 0 Å². The molecule has 0 aliphatic heterocycles. The first-order valence-corrected chi connectivity index (χ1v) is 6.62. The van der Waals surface area contributed by atoms with Crippen molar-refractivity contribution in [3.8, 4) is 11.3 Å². The minimum atomic E-state index is 0.696. The van der Waals surface area contributed by atoms with Crippen molar-refractivity contribution in [2.24, 2.45) is 7.05 Å². The SMILES string of the molecule is Cn1nccc1-c1ccc(Cl)c(CNC2CC2)c1. The summed E-state index contributed by atoms with van der Waals surface area (Å²) in [7, 11) is 1.95. The molecule has 0 saturated heterocycles. The predicted octanol–water partition coefficient (Wildman–Crippen LogP) is 2.99. The molecule has 1 saturated carbocycles. The Morgan fingerprint density at radius 2 is 2.22 bits per heavy atom. The summed E-state index contributed by atoms with van der Waals surface area (Å²) < 4.78 is 1.88. The van der Waals surface area contributed by atoms with Crippen molar-refractivity contribution in [3.05, 3.63) is 41.0 Å². The van der Waals surface area contributed by atoms with Crippen molar-refractivity contribution in [2.45, 2.75) is 25.4 Å². The Labute approximate surface area is 112 Å². The molecule has 0 amide bonds. The number of rotatable bonds is 4. The van der Waals surface area contributed by atoms with E-state index in [1.807, 2.05) is 36.1 Å². The first kappa shape index (κ1) is 11.8. The van der Waals surface area contributed by atoms with E-state index < -0.39 is 0 Å². The molecule has 0 radical (unpaired) electrons. The van der Waals surface area contributed by atoms with Crippen LogP contribution in [0.4, 0.5) is 0 Å². The second kappa shape index (κ2) is 4.75. The summed E-state index contributed by atoms with van der Waals surface area (Å²) in [4.78, 5) is 0. The molecule has 0 bridgehead atoms. The van der Waals surface area contributed by atoms with E-state index in [0.717, 1.165) is 28.4 Å². The molecule has 3 nitrogen and oxygen atoms in total. The van der Waals surface area contributed by atoms with Crippen molar-refractivity contribution in [1.82, 2.24) is 15.1 Å². The van der Waals surface area contributed by atoms with E-state index in [1.54, 1.807) is 0 Å². The van der Waals surface area contributed by atoms with Crippen LogP contribution in [0.25, 0.3) is 11.3 Å². The average molecular weight is 262 g/mol. The Hall–Kier alpha value is -1.32. The van der Waals surface area contributed by atoms with E-state index >= 15 is 0 Å². The van der Waals surface area contributed by atoms with Crippen LogP contribution in [0.1, 0.15) is 18.4 Å². The maximum absolute atomic E-state index is 6.24. The van der Waals surface area contributed by atoms with Crippen LogP contribution < -0.4 is 5.32 Å². The van der Waals surface area contributed by atoms with E-state index in [-0.39, 0.29) is 0 Å². The zero-order chi connectivity index (χ0) is 12.5. The molecule has 1 fully saturated rings. The third kappa shape index (κ3) is 2.42. The van der Waals surface area contributed by atoms with E-state index in [0.29, 0.717) is 6.04 Å². The number of nitrogens with zero attached hydrogens (tertiary/aromatic N) is 2. The maximum Gasteiger partial charge on any atom is 0.0679 e. The standard InChI is InChI=1S/C14H16ClN3/c1-18-14(6-7-17-18)10-2-5-13(15)11(8-10)9-16-12-3-4-12/h2,5-8,12,16H,3-4,9H2,1H3. The van der Waals surface area contributed by atoms with E-state index in [1.165, 1.54) is 12.8 Å². The molecule has 18 heavy (non-hydrogen) atoms. The molecule has 0 unspecified atom stereocenters. The van der Waals surface area contributed by atoms with Crippen LogP contribution in [0, 0.1) is 0 Å². The molecular formula is C14H16ClN3. The van der Waals surface area contributed by atoms with E-state index in [4.69, 9.17) is 11.6 Å². The lowest BCUT2D eigenvalue weighted by molar-refractivity contribution is 0.688. The van der Waals surface area contributed by atoms with Gasteiger partial charge < -0.3 is 5.32 Å². The van der Waals surface area contributed by atoms with Crippen molar-refractivity contribution < 1.29 is 0 Å². The normalized spacial score (nSPS) is 15.0. The molecule has 0 spiro atoms. The minimum absolute atomic E-state index is 0.696. The summed E-state index contributed by atoms with van der Waals surface area (Å²) in [5, 5.41) is 8.52. The van der Waals surface area contributed by atoms with Gasteiger partial charge in [0.05, 0.1) is 5.69 Å². The zero-order valence-corrected chi connectivity index (χ0v) is 11.1. The van der Waals surface area contributed by atoms with E-state index in [2.05, 4.69) is 16.5 Å². The second-order valence-electron chi connectivity index (χ2n) is 4.80. The lowest BCUT2D eigenvalue weighted by atomic mass is 10.1. The highest BCUT2D eigenvalue weighted by Gasteiger charge is 2.20. The van der Waals surface area contributed by atoms with Gasteiger partial charge in [0.25, 0.3) is 0 Å². The first-order chi connectivity index (χ1) is 8.74. The summed E-state index contributed by atoms with van der Waals surface area (Å²) in [6.07, 6.45) is 4.39. The second-order valence-corrected chi connectivity index (χ2v) is 5.21. The first-order valence-electron chi connectivity index (χ1n) is 6.24. The molecule has 1 aromatic carbocycles. The van der Waals surface area contributed by atoms with Gasteiger partial charge in [-0.25, -0.2) is 0 Å². The van der Waals surface area contributed by atoms with Crippen molar-refractivity contribution in [1.29, 1.82) is 0 Å². The molecule has 1 aliphatic rings. The molecule has 1 aromatic heterocycles. The van der Waals surface area contributed by atoms with Crippen LogP contribution in [0.15, 0.2) is 30.5 Å². The third-order valence-electron chi connectivity index (χ3n) is 3.32. The Balaban J connectivity index is 1.87. The van der Waals surface area contributed by atoms with Gasteiger partial charge in [-0.2, -0.15) is 5.10 Å². The number of hydrogen-bond acceptors (Lipinski definition) is 2. The lowest BCUT2D eigenvalue weighted by Gasteiger charge is -2.09. The van der Waals surface area contributed by atoms with Crippen LogP contribution in [-0.2, 0) is 13.6 Å². The van der Waals surface area contributed by atoms with Crippen LogP contribution >= 0.6 is 11.6 Å². The Kier molecular flexibility index (Phi) is 3.10. The van der Waals surface area contributed by atoms with Crippen LogP contribution in [0.3, 0.4) is 0 Å². The summed E-state index contributed by atoms with van der Waals surface area (Å²) >= 11 is 6.24. The summed E-state index contributed by atoms with van der Waals surface area (Å²) in [5.41, 5.74) is 3.42. The Morgan fingerprint density at radius 3 is 2.89 bits per heavy atom. The largest absolute Gasteiger partial charge is 0.310 e.